The zero-order valence-corrected chi connectivity index (χ0v) is 20.7. The third-order valence-electron chi connectivity index (χ3n) is 6.40. The zero-order valence-electron chi connectivity index (χ0n) is 19.9. The molecule has 2 heterocycles. The molecule has 0 bridgehead atoms. The van der Waals surface area contributed by atoms with Crippen molar-refractivity contribution < 1.29 is 4.79 Å². The molecule has 176 valence electrons. The Kier molecular flexibility index (Phi) is 7.26. The quantitative estimate of drug-likeness (QED) is 0.290. The van der Waals surface area contributed by atoms with Crippen LogP contribution < -0.4 is 5.32 Å². The van der Waals surface area contributed by atoms with Gasteiger partial charge in [0.25, 0.3) is 5.91 Å². The third kappa shape index (κ3) is 5.64. The minimum Gasteiger partial charge on any atom is -0.322 e. The number of nitrogens with one attached hydrogen (secondary N) is 1. The number of pyridine rings is 1. The van der Waals surface area contributed by atoms with Gasteiger partial charge in [-0.3, -0.25) is 14.7 Å². The molecule has 0 aliphatic carbocycles. The average Bonchev–Trinajstić information content (AvgIpc) is 3.42. The fourth-order valence-electron chi connectivity index (χ4n) is 4.61. The smallest absolute Gasteiger partial charge is 0.256 e. The van der Waals surface area contributed by atoms with Gasteiger partial charge in [-0.25, -0.2) is 0 Å². The number of carbonyl (C=O) groups excluding carboxylic acids is 1. The Morgan fingerprint density at radius 2 is 1.74 bits per heavy atom. The maximum Gasteiger partial charge on any atom is 0.256 e. The predicted molar refractivity (Wildman–Crippen MR) is 146 cm³/mol. The summed E-state index contributed by atoms with van der Waals surface area (Å²) in [5, 5.41) is 3.11. The monoisotopic (exact) mass is 479 g/mol. The van der Waals surface area contributed by atoms with E-state index in [1.54, 1.807) is 18.0 Å². The molecule has 4 aromatic rings. The first-order chi connectivity index (χ1) is 17.2. The number of anilines is 1. The van der Waals surface area contributed by atoms with Crippen LogP contribution in [0.4, 0.5) is 5.69 Å². The second-order valence-electron chi connectivity index (χ2n) is 8.85. The Morgan fingerprint density at radius 3 is 2.54 bits per heavy atom. The normalized spacial score (nSPS) is 13.6. The number of likely N-dealkylation sites (tertiary alicyclic amines) is 1. The van der Waals surface area contributed by atoms with Crippen LogP contribution in [0.5, 0.6) is 0 Å². The summed E-state index contributed by atoms with van der Waals surface area (Å²) < 4.78 is 0. The van der Waals surface area contributed by atoms with Gasteiger partial charge < -0.3 is 5.32 Å². The van der Waals surface area contributed by atoms with Crippen LogP contribution in [0.15, 0.2) is 96.0 Å². The molecule has 1 saturated heterocycles. The van der Waals surface area contributed by atoms with Gasteiger partial charge in [-0.15, -0.1) is 11.8 Å². The van der Waals surface area contributed by atoms with Gasteiger partial charge in [0.15, 0.2) is 0 Å². The fourth-order valence-corrected chi connectivity index (χ4v) is 5.05. The molecule has 5 heteroatoms. The van der Waals surface area contributed by atoms with Crippen LogP contribution in [-0.2, 0) is 6.54 Å². The van der Waals surface area contributed by atoms with Crippen molar-refractivity contribution in [1.82, 2.24) is 9.88 Å². The lowest BCUT2D eigenvalue weighted by atomic mass is 9.97. The van der Waals surface area contributed by atoms with Crippen molar-refractivity contribution in [2.75, 3.05) is 24.7 Å². The molecule has 0 atom stereocenters. The maximum absolute atomic E-state index is 13.5. The molecule has 1 amide bonds. The molecule has 1 aliphatic rings. The van der Waals surface area contributed by atoms with Crippen molar-refractivity contribution in [3.8, 4) is 22.4 Å². The molecule has 1 fully saturated rings. The molecule has 0 spiro atoms. The summed E-state index contributed by atoms with van der Waals surface area (Å²) in [7, 11) is 0. The summed E-state index contributed by atoms with van der Waals surface area (Å²) >= 11 is 1.69. The van der Waals surface area contributed by atoms with Crippen molar-refractivity contribution >= 4 is 23.4 Å². The Labute approximate surface area is 211 Å². The molecule has 1 aromatic heterocycles. The van der Waals surface area contributed by atoms with Gasteiger partial charge in [0.2, 0.25) is 0 Å². The number of amides is 1. The first-order valence-corrected chi connectivity index (χ1v) is 13.2. The van der Waals surface area contributed by atoms with E-state index in [0.29, 0.717) is 5.56 Å². The molecule has 0 unspecified atom stereocenters. The fraction of sp³-hybridized carbons (Fsp3) is 0.200. The minimum absolute atomic E-state index is 0.115. The lowest BCUT2D eigenvalue weighted by Crippen LogP contribution is -2.18. The second kappa shape index (κ2) is 10.9. The summed E-state index contributed by atoms with van der Waals surface area (Å²) in [6.07, 6.45) is 6.40. The standard InChI is InChI=1S/C30H29N3OS/c1-35-26-13-14-27(28(20-26)23-9-6-8-22(18-23)21-33-16-4-5-17-33)30(34)32-25-11-7-10-24(19-25)29-12-2-3-15-31-29/h2-3,6-15,18-20H,4-5,16-17,21H2,1H3,(H,32,34). The van der Waals surface area contributed by atoms with E-state index in [0.717, 1.165) is 52.6 Å². The van der Waals surface area contributed by atoms with Crippen molar-refractivity contribution in [2.45, 2.75) is 24.3 Å². The summed E-state index contributed by atoms with van der Waals surface area (Å²) in [6.45, 7) is 3.28. The molecule has 0 saturated carbocycles. The molecule has 4 nitrogen and oxygen atoms in total. The van der Waals surface area contributed by atoms with Crippen LogP contribution in [-0.4, -0.2) is 35.1 Å². The van der Waals surface area contributed by atoms with Gasteiger partial charge in [-0.05, 0) is 97.4 Å². The van der Waals surface area contributed by atoms with Crippen molar-refractivity contribution in [2.24, 2.45) is 0 Å². The number of hydrogen-bond donors (Lipinski definition) is 1. The molecule has 1 N–H and O–H groups in total. The van der Waals surface area contributed by atoms with Crippen molar-refractivity contribution in [3.63, 3.8) is 0 Å². The van der Waals surface area contributed by atoms with E-state index in [-0.39, 0.29) is 5.91 Å². The Hall–Kier alpha value is -3.41. The summed E-state index contributed by atoms with van der Waals surface area (Å²) in [4.78, 5) is 21.5. The van der Waals surface area contributed by atoms with Gasteiger partial charge in [-0.2, -0.15) is 0 Å². The van der Waals surface area contributed by atoms with E-state index in [4.69, 9.17) is 0 Å². The zero-order chi connectivity index (χ0) is 24.0. The predicted octanol–water partition coefficient (Wildman–Crippen LogP) is 6.99. The molecule has 5 rings (SSSR count). The van der Waals surface area contributed by atoms with Crippen LogP contribution in [0.25, 0.3) is 22.4 Å². The number of hydrogen-bond acceptors (Lipinski definition) is 4. The first-order valence-electron chi connectivity index (χ1n) is 12.0. The van der Waals surface area contributed by atoms with Crippen LogP contribution in [0, 0.1) is 0 Å². The molecule has 3 aromatic carbocycles. The average molecular weight is 480 g/mol. The largest absolute Gasteiger partial charge is 0.322 e. The molecular formula is C30H29N3OS. The van der Waals surface area contributed by atoms with E-state index < -0.39 is 0 Å². The highest BCUT2D eigenvalue weighted by atomic mass is 32.2. The Morgan fingerprint density at radius 1 is 0.914 bits per heavy atom. The van der Waals surface area contributed by atoms with Crippen molar-refractivity contribution in [1.29, 1.82) is 0 Å². The van der Waals surface area contributed by atoms with Crippen LogP contribution in [0.1, 0.15) is 28.8 Å². The number of thioether (sulfide) groups is 1. The highest BCUT2D eigenvalue weighted by Gasteiger charge is 2.16. The van der Waals surface area contributed by atoms with E-state index in [9.17, 15) is 4.79 Å². The number of aromatic nitrogens is 1. The summed E-state index contributed by atoms with van der Waals surface area (Å²) in [5.41, 5.74) is 6.58. The molecule has 0 radical (unpaired) electrons. The lowest BCUT2D eigenvalue weighted by Gasteiger charge is -2.16. The Bertz CT molecular complexity index is 1320. The molecule has 35 heavy (non-hydrogen) atoms. The highest BCUT2D eigenvalue weighted by molar-refractivity contribution is 7.98. The van der Waals surface area contributed by atoms with E-state index in [1.165, 1.54) is 18.4 Å². The summed E-state index contributed by atoms with van der Waals surface area (Å²) in [6, 6.07) is 28.3. The lowest BCUT2D eigenvalue weighted by molar-refractivity contribution is 0.102. The van der Waals surface area contributed by atoms with E-state index in [1.807, 2.05) is 54.6 Å². The Balaban J connectivity index is 1.43. The first kappa shape index (κ1) is 23.3. The van der Waals surface area contributed by atoms with E-state index in [2.05, 4.69) is 51.8 Å². The van der Waals surface area contributed by atoms with Crippen LogP contribution >= 0.6 is 11.8 Å². The summed E-state index contributed by atoms with van der Waals surface area (Å²) in [5.74, 6) is -0.115. The number of benzene rings is 3. The van der Waals surface area contributed by atoms with Gasteiger partial charge in [-0.1, -0.05) is 36.4 Å². The van der Waals surface area contributed by atoms with Gasteiger partial charge in [0.05, 0.1) is 5.69 Å². The third-order valence-corrected chi connectivity index (χ3v) is 7.12. The van der Waals surface area contributed by atoms with Gasteiger partial charge in [0, 0.05) is 34.5 Å². The maximum atomic E-state index is 13.5. The number of rotatable bonds is 7. The minimum atomic E-state index is -0.115. The molecule has 1 aliphatic heterocycles. The topological polar surface area (TPSA) is 45.2 Å². The second-order valence-corrected chi connectivity index (χ2v) is 9.72. The highest BCUT2D eigenvalue weighted by Crippen LogP contribution is 2.31. The van der Waals surface area contributed by atoms with Gasteiger partial charge in [0.1, 0.15) is 0 Å². The number of nitrogens with zero attached hydrogens (tertiary/aromatic N) is 2. The van der Waals surface area contributed by atoms with E-state index >= 15 is 0 Å². The number of carbonyl (C=O) groups is 1. The van der Waals surface area contributed by atoms with Crippen LogP contribution in [0.3, 0.4) is 0 Å². The SMILES string of the molecule is CSc1ccc(C(=O)Nc2cccc(-c3ccccn3)c2)c(-c2cccc(CN3CCCC3)c2)c1. The van der Waals surface area contributed by atoms with Crippen molar-refractivity contribution in [3.05, 3.63) is 102 Å². The van der Waals surface area contributed by atoms with Crippen LogP contribution in [0.2, 0.25) is 0 Å². The van der Waals surface area contributed by atoms with Gasteiger partial charge >= 0.3 is 0 Å². The molecular weight excluding hydrogens is 450 g/mol.